The standard InChI is InChI=1S/C21H18ClF3N4OS/c1-3-10-29-19(14-6-4-13(2)5-7-14)27-28-20(29)31-12-18(30)26-15-8-9-17(22)16(11-15)21(23,24)25/h3-9,11H,1,10,12H2,2H3,(H,26,30). The molecule has 5 nitrogen and oxygen atoms in total. The van der Waals surface area contributed by atoms with E-state index >= 15 is 0 Å². The molecular weight excluding hydrogens is 449 g/mol. The van der Waals surface area contributed by atoms with Gasteiger partial charge in [-0.15, -0.1) is 16.8 Å². The van der Waals surface area contributed by atoms with E-state index in [1.807, 2.05) is 35.8 Å². The number of carbonyl (C=O) groups excluding carboxylic acids is 1. The van der Waals surface area contributed by atoms with Crippen LogP contribution in [0.1, 0.15) is 11.1 Å². The number of aromatic nitrogens is 3. The molecule has 1 N–H and O–H groups in total. The summed E-state index contributed by atoms with van der Waals surface area (Å²) in [6.07, 6.45) is -2.92. The van der Waals surface area contributed by atoms with Gasteiger partial charge in [0.2, 0.25) is 5.91 Å². The maximum Gasteiger partial charge on any atom is 0.417 e. The van der Waals surface area contributed by atoms with Crippen molar-refractivity contribution in [3.8, 4) is 11.4 Å². The van der Waals surface area contributed by atoms with Crippen LogP contribution in [0.25, 0.3) is 11.4 Å². The average Bonchev–Trinajstić information content (AvgIpc) is 3.10. The predicted octanol–water partition coefficient (Wildman–Crippen LogP) is 5.84. The average molecular weight is 467 g/mol. The van der Waals surface area contributed by atoms with Gasteiger partial charge >= 0.3 is 6.18 Å². The summed E-state index contributed by atoms with van der Waals surface area (Å²) in [5.74, 6) is 0.0912. The smallest absolute Gasteiger partial charge is 0.325 e. The zero-order chi connectivity index (χ0) is 22.6. The number of halogens is 4. The predicted molar refractivity (Wildman–Crippen MR) is 116 cm³/mol. The third-order valence-corrected chi connectivity index (χ3v) is 5.52. The second-order valence-corrected chi connectivity index (χ2v) is 7.95. The first-order valence-corrected chi connectivity index (χ1v) is 10.5. The molecule has 10 heteroatoms. The Morgan fingerprint density at radius 2 is 1.94 bits per heavy atom. The van der Waals surface area contributed by atoms with E-state index in [9.17, 15) is 18.0 Å². The molecule has 1 aromatic heterocycles. The number of hydrogen-bond donors (Lipinski definition) is 1. The lowest BCUT2D eigenvalue weighted by Gasteiger charge is -2.12. The zero-order valence-electron chi connectivity index (χ0n) is 16.4. The Morgan fingerprint density at radius 3 is 2.58 bits per heavy atom. The summed E-state index contributed by atoms with van der Waals surface area (Å²) >= 11 is 6.73. The number of benzene rings is 2. The minimum absolute atomic E-state index is 0.00947. The number of hydrogen-bond acceptors (Lipinski definition) is 4. The number of allylic oxidation sites excluding steroid dienone is 1. The molecule has 0 fully saturated rings. The fraction of sp³-hybridized carbons (Fsp3) is 0.190. The third kappa shape index (κ3) is 5.68. The first kappa shape index (κ1) is 22.9. The van der Waals surface area contributed by atoms with Gasteiger partial charge in [-0.05, 0) is 25.1 Å². The van der Waals surface area contributed by atoms with Gasteiger partial charge in [0, 0.05) is 17.8 Å². The Morgan fingerprint density at radius 1 is 1.23 bits per heavy atom. The number of alkyl halides is 3. The number of nitrogens with zero attached hydrogens (tertiary/aromatic N) is 3. The molecule has 0 radical (unpaired) electrons. The first-order valence-electron chi connectivity index (χ1n) is 9.09. The van der Waals surface area contributed by atoms with Crippen LogP contribution in [0.2, 0.25) is 5.02 Å². The molecule has 0 bridgehead atoms. The van der Waals surface area contributed by atoms with Crippen molar-refractivity contribution in [3.05, 3.63) is 71.3 Å². The van der Waals surface area contributed by atoms with Crippen LogP contribution in [-0.4, -0.2) is 26.4 Å². The van der Waals surface area contributed by atoms with E-state index < -0.39 is 22.7 Å². The fourth-order valence-corrected chi connectivity index (χ4v) is 3.73. The van der Waals surface area contributed by atoms with Gasteiger partial charge < -0.3 is 5.32 Å². The summed E-state index contributed by atoms with van der Waals surface area (Å²) in [6, 6.07) is 11.0. The summed E-state index contributed by atoms with van der Waals surface area (Å²) < 4.78 is 40.8. The van der Waals surface area contributed by atoms with Crippen LogP contribution in [0.3, 0.4) is 0 Å². The molecule has 0 aliphatic heterocycles. The minimum atomic E-state index is -4.61. The molecule has 0 atom stereocenters. The Hall–Kier alpha value is -2.78. The highest BCUT2D eigenvalue weighted by atomic mass is 35.5. The van der Waals surface area contributed by atoms with Crippen molar-refractivity contribution in [2.75, 3.05) is 11.1 Å². The molecule has 3 aromatic rings. The lowest BCUT2D eigenvalue weighted by atomic mass is 10.1. The van der Waals surface area contributed by atoms with Crippen LogP contribution in [-0.2, 0) is 17.5 Å². The molecule has 0 saturated heterocycles. The van der Waals surface area contributed by atoms with E-state index in [-0.39, 0.29) is 11.4 Å². The molecule has 162 valence electrons. The largest absolute Gasteiger partial charge is 0.417 e. The molecule has 0 unspecified atom stereocenters. The number of thioether (sulfide) groups is 1. The normalized spacial score (nSPS) is 11.4. The minimum Gasteiger partial charge on any atom is -0.325 e. The monoisotopic (exact) mass is 466 g/mol. The molecule has 3 rings (SSSR count). The van der Waals surface area contributed by atoms with E-state index in [0.29, 0.717) is 17.5 Å². The van der Waals surface area contributed by atoms with Gasteiger partial charge in [-0.25, -0.2) is 0 Å². The summed E-state index contributed by atoms with van der Waals surface area (Å²) in [5.41, 5.74) is 0.987. The number of nitrogens with one attached hydrogen (secondary N) is 1. The lowest BCUT2D eigenvalue weighted by molar-refractivity contribution is -0.137. The topological polar surface area (TPSA) is 59.8 Å². The van der Waals surface area contributed by atoms with Crippen LogP contribution in [0.4, 0.5) is 18.9 Å². The number of aryl methyl sites for hydroxylation is 1. The SMILES string of the molecule is C=CCn1c(SCC(=O)Nc2ccc(Cl)c(C(F)(F)F)c2)nnc1-c1ccc(C)cc1. The second-order valence-electron chi connectivity index (χ2n) is 6.60. The van der Waals surface area contributed by atoms with E-state index in [2.05, 4.69) is 22.1 Å². The molecule has 0 aliphatic rings. The van der Waals surface area contributed by atoms with Crippen LogP contribution >= 0.6 is 23.4 Å². The summed E-state index contributed by atoms with van der Waals surface area (Å²) in [4.78, 5) is 12.3. The van der Waals surface area contributed by atoms with Gasteiger partial charge in [0.15, 0.2) is 11.0 Å². The van der Waals surface area contributed by atoms with E-state index in [0.717, 1.165) is 35.0 Å². The maximum atomic E-state index is 13.0. The van der Waals surface area contributed by atoms with Gasteiger partial charge in [0.05, 0.1) is 16.3 Å². The van der Waals surface area contributed by atoms with E-state index in [1.54, 1.807) is 6.08 Å². The quantitative estimate of drug-likeness (QED) is 0.351. The molecule has 0 saturated carbocycles. The molecular formula is C21H18ClF3N4OS. The highest BCUT2D eigenvalue weighted by Crippen LogP contribution is 2.36. The summed E-state index contributed by atoms with van der Waals surface area (Å²) in [7, 11) is 0. The summed E-state index contributed by atoms with van der Waals surface area (Å²) in [6.45, 7) is 6.16. The zero-order valence-corrected chi connectivity index (χ0v) is 18.0. The van der Waals surface area contributed by atoms with Gasteiger partial charge in [-0.2, -0.15) is 13.2 Å². The van der Waals surface area contributed by atoms with Crippen molar-refractivity contribution in [1.29, 1.82) is 0 Å². The van der Waals surface area contributed by atoms with Crippen molar-refractivity contribution in [1.82, 2.24) is 14.8 Å². The van der Waals surface area contributed by atoms with E-state index in [1.165, 1.54) is 6.07 Å². The molecule has 0 aliphatic carbocycles. The van der Waals surface area contributed by atoms with E-state index in [4.69, 9.17) is 11.6 Å². The van der Waals surface area contributed by atoms with Crippen LogP contribution in [0.15, 0.2) is 60.3 Å². The fourth-order valence-electron chi connectivity index (χ4n) is 2.75. The van der Waals surface area contributed by atoms with Gasteiger partial charge in [0.1, 0.15) is 0 Å². The van der Waals surface area contributed by atoms with Crippen molar-refractivity contribution < 1.29 is 18.0 Å². The third-order valence-electron chi connectivity index (χ3n) is 4.23. The Kier molecular flexibility index (Phi) is 7.07. The number of carbonyl (C=O) groups is 1. The molecule has 2 aromatic carbocycles. The maximum absolute atomic E-state index is 13.0. The Bertz CT molecular complexity index is 1100. The summed E-state index contributed by atoms with van der Waals surface area (Å²) in [5, 5.41) is 10.9. The molecule has 31 heavy (non-hydrogen) atoms. The number of amides is 1. The van der Waals surface area contributed by atoms with Gasteiger partial charge in [-0.1, -0.05) is 59.3 Å². The van der Waals surface area contributed by atoms with Gasteiger partial charge in [-0.3, -0.25) is 9.36 Å². The highest BCUT2D eigenvalue weighted by Gasteiger charge is 2.33. The van der Waals surface area contributed by atoms with Crippen LogP contribution in [0.5, 0.6) is 0 Å². The molecule has 1 heterocycles. The second kappa shape index (κ2) is 9.57. The van der Waals surface area contributed by atoms with Crippen molar-refractivity contribution >= 4 is 35.0 Å². The lowest BCUT2D eigenvalue weighted by Crippen LogP contribution is -2.15. The van der Waals surface area contributed by atoms with Crippen LogP contribution in [0, 0.1) is 6.92 Å². The number of anilines is 1. The molecule has 0 spiro atoms. The Labute approximate surface area is 186 Å². The van der Waals surface area contributed by atoms with Crippen molar-refractivity contribution in [2.45, 2.75) is 24.8 Å². The van der Waals surface area contributed by atoms with Crippen LogP contribution < -0.4 is 5.32 Å². The number of rotatable bonds is 7. The highest BCUT2D eigenvalue weighted by molar-refractivity contribution is 7.99. The van der Waals surface area contributed by atoms with Gasteiger partial charge in [0.25, 0.3) is 0 Å². The van der Waals surface area contributed by atoms with Crippen molar-refractivity contribution in [3.63, 3.8) is 0 Å². The first-order chi connectivity index (χ1) is 14.7. The molecule has 1 amide bonds. The Balaban J connectivity index is 1.72. The van der Waals surface area contributed by atoms with Crippen molar-refractivity contribution in [2.24, 2.45) is 0 Å².